The molecule has 0 radical (unpaired) electrons. The number of oxazole rings is 1. The van der Waals surface area contributed by atoms with E-state index in [4.69, 9.17) is 4.42 Å². The Morgan fingerprint density at radius 3 is 2.89 bits per heavy atom. The van der Waals surface area contributed by atoms with Gasteiger partial charge in [0.1, 0.15) is 11.6 Å². The van der Waals surface area contributed by atoms with Crippen LogP contribution in [0.1, 0.15) is 28.9 Å². The van der Waals surface area contributed by atoms with Gasteiger partial charge in [-0.25, -0.2) is 9.37 Å². The number of carbonyl (C=O) groups excluding carboxylic acids is 1. The molecule has 2 rings (SSSR count). The fourth-order valence-electron chi connectivity index (χ4n) is 1.49. The molecule has 0 bridgehead atoms. The van der Waals surface area contributed by atoms with Crippen LogP contribution in [-0.2, 0) is 13.0 Å². The smallest absolute Gasteiger partial charge is 0.254 e. The van der Waals surface area contributed by atoms with E-state index >= 15 is 0 Å². The summed E-state index contributed by atoms with van der Waals surface area (Å²) in [4.78, 5) is 15.7. The molecule has 1 heterocycles. The van der Waals surface area contributed by atoms with Gasteiger partial charge in [-0.05, 0) is 12.1 Å². The first-order valence-electron chi connectivity index (χ1n) is 5.67. The molecule has 0 unspecified atom stereocenters. The Bertz CT molecular complexity index is 551. The molecule has 0 atom stereocenters. The molecule has 0 spiro atoms. The highest BCUT2D eigenvalue weighted by atomic mass is 19.1. The number of hydrogen-bond donors (Lipinski definition) is 1. The van der Waals surface area contributed by atoms with Gasteiger partial charge in [0.15, 0.2) is 0 Å². The minimum absolute atomic E-state index is 0.0137. The molecule has 1 N–H and O–H groups in total. The predicted molar refractivity (Wildman–Crippen MR) is 63.5 cm³/mol. The number of aryl methyl sites for hydroxylation is 1. The summed E-state index contributed by atoms with van der Waals surface area (Å²) in [5, 5.41) is 2.56. The van der Waals surface area contributed by atoms with Crippen molar-refractivity contribution in [2.45, 2.75) is 19.9 Å². The Kier molecular flexibility index (Phi) is 3.72. The van der Waals surface area contributed by atoms with Crippen molar-refractivity contribution in [1.29, 1.82) is 0 Å². The van der Waals surface area contributed by atoms with Gasteiger partial charge >= 0.3 is 0 Å². The van der Waals surface area contributed by atoms with Gasteiger partial charge in [0, 0.05) is 6.42 Å². The molecule has 0 saturated carbocycles. The highest BCUT2D eigenvalue weighted by Crippen LogP contribution is 2.07. The number of benzene rings is 1. The van der Waals surface area contributed by atoms with E-state index in [-0.39, 0.29) is 12.1 Å². The lowest BCUT2D eigenvalue weighted by Crippen LogP contribution is -2.23. The molecule has 0 fully saturated rings. The lowest BCUT2D eigenvalue weighted by Gasteiger charge is -2.03. The maximum absolute atomic E-state index is 13.3. The molecule has 1 amide bonds. The number of nitrogens with one attached hydrogen (secondary N) is 1. The van der Waals surface area contributed by atoms with Crippen LogP contribution in [0.25, 0.3) is 0 Å². The van der Waals surface area contributed by atoms with Crippen molar-refractivity contribution in [3.05, 3.63) is 53.5 Å². The van der Waals surface area contributed by atoms with Crippen LogP contribution in [0.5, 0.6) is 0 Å². The van der Waals surface area contributed by atoms with E-state index in [0.29, 0.717) is 5.89 Å². The maximum Gasteiger partial charge on any atom is 0.254 e. The quantitative estimate of drug-likeness (QED) is 0.903. The van der Waals surface area contributed by atoms with E-state index in [9.17, 15) is 9.18 Å². The molecule has 1 aromatic carbocycles. The van der Waals surface area contributed by atoms with Crippen molar-refractivity contribution in [3.63, 3.8) is 0 Å². The Labute approximate surface area is 104 Å². The van der Waals surface area contributed by atoms with Crippen molar-refractivity contribution in [1.82, 2.24) is 10.3 Å². The normalized spacial score (nSPS) is 10.3. The number of halogens is 1. The summed E-state index contributed by atoms with van der Waals surface area (Å²) in [7, 11) is 0. The van der Waals surface area contributed by atoms with E-state index < -0.39 is 11.7 Å². The van der Waals surface area contributed by atoms with Gasteiger partial charge in [-0.2, -0.15) is 0 Å². The monoisotopic (exact) mass is 248 g/mol. The predicted octanol–water partition coefficient (Wildman–Crippen LogP) is 2.31. The van der Waals surface area contributed by atoms with Gasteiger partial charge in [0.05, 0.1) is 18.3 Å². The summed E-state index contributed by atoms with van der Waals surface area (Å²) >= 11 is 0. The fourth-order valence-corrected chi connectivity index (χ4v) is 1.49. The Morgan fingerprint density at radius 2 is 2.22 bits per heavy atom. The van der Waals surface area contributed by atoms with Gasteiger partial charge in [-0.15, -0.1) is 0 Å². The number of hydrogen-bond acceptors (Lipinski definition) is 3. The summed E-state index contributed by atoms with van der Waals surface area (Å²) in [6, 6.07) is 5.82. The molecule has 94 valence electrons. The summed E-state index contributed by atoms with van der Waals surface area (Å²) < 4.78 is 18.7. The SMILES string of the molecule is CCc1cnc(CNC(=O)c2ccccc2F)o1. The number of carbonyl (C=O) groups is 1. The summed E-state index contributed by atoms with van der Waals surface area (Å²) in [6.07, 6.45) is 2.36. The standard InChI is InChI=1S/C13H13FN2O2/c1-2-9-7-15-12(18-9)8-16-13(17)10-5-3-4-6-11(10)14/h3-7H,2,8H2,1H3,(H,16,17). The molecule has 0 aliphatic heterocycles. The second-order valence-electron chi connectivity index (χ2n) is 3.74. The van der Waals surface area contributed by atoms with Crippen LogP contribution < -0.4 is 5.32 Å². The number of aromatic nitrogens is 1. The molecule has 0 aliphatic carbocycles. The third kappa shape index (κ3) is 2.74. The lowest BCUT2D eigenvalue weighted by atomic mass is 10.2. The molecule has 18 heavy (non-hydrogen) atoms. The van der Waals surface area contributed by atoms with Gasteiger partial charge < -0.3 is 9.73 Å². The van der Waals surface area contributed by atoms with Crippen LogP contribution >= 0.6 is 0 Å². The second-order valence-corrected chi connectivity index (χ2v) is 3.74. The number of amides is 1. The summed E-state index contributed by atoms with van der Waals surface area (Å²) in [5.74, 6) is 0.141. The van der Waals surface area contributed by atoms with Crippen molar-refractivity contribution in [3.8, 4) is 0 Å². The van der Waals surface area contributed by atoms with Gasteiger partial charge in [0.2, 0.25) is 5.89 Å². The molecule has 0 aliphatic rings. The molecule has 4 nitrogen and oxygen atoms in total. The first-order valence-corrected chi connectivity index (χ1v) is 5.67. The van der Waals surface area contributed by atoms with E-state index in [1.54, 1.807) is 12.3 Å². The van der Waals surface area contributed by atoms with Crippen LogP contribution in [0.2, 0.25) is 0 Å². The second kappa shape index (κ2) is 5.44. The fraction of sp³-hybridized carbons (Fsp3) is 0.231. The van der Waals surface area contributed by atoms with Gasteiger partial charge in [-0.3, -0.25) is 4.79 Å². The maximum atomic E-state index is 13.3. The van der Waals surface area contributed by atoms with Gasteiger partial charge in [0.25, 0.3) is 5.91 Å². The van der Waals surface area contributed by atoms with E-state index in [0.717, 1.165) is 12.2 Å². The molecule has 1 aromatic heterocycles. The van der Waals surface area contributed by atoms with Crippen LogP contribution in [0.4, 0.5) is 4.39 Å². The highest BCUT2D eigenvalue weighted by molar-refractivity contribution is 5.94. The zero-order valence-corrected chi connectivity index (χ0v) is 9.94. The van der Waals surface area contributed by atoms with Crippen molar-refractivity contribution in [2.24, 2.45) is 0 Å². The molecular weight excluding hydrogens is 235 g/mol. The first-order chi connectivity index (χ1) is 8.70. The zero-order chi connectivity index (χ0) is 13.0. The molecule has 5 heteroatoms. The minimum atomic E-state index is -0.545. The zero-order valence-electron chi connectivity index (χ0n) is 9.94. The Balaban J connectivity index is 1.98. The third-order valence-corrected chi connectivity index (χ3v) is 2.47. The topological polar surface area (TPSA) is 55.1 Å². The summed E-state index contributed by atoms with van der Waals surface area (Å²) in [5.41, 5.74) is 0.0137. The van der Waals surface area contributed by atoms with Crippen molar-refractivity contribution >= 4 is 5.91 Å². The Morgan fingerprint density at radius 1 is 1.44 bits per heavy atom. The largest absolute Gasteiger partial charge is 0.444 e. The van der Waals surface area contributed by atoms with Crippen molar-refractivity contribution < 1.29 is 13.6 Å². The molecule has 2 aromatic rings. The van der Waals surface area contributed by atoms with Crippen molar-refractivity contribution in [2.75, 3.05) is 0 Å². The average Bonchev–Trinajstić information content (AvgIpc) is 2.84. The first kappa shape index (κ1) is 12.3. The highest BCUT2D eigenvalue weighted by Gasteiger charge is 2.11. The molecule has 0 saturated heterocycles. The van der Waals surface area contributed by atoms with Crippen LogP contribution in [0.3, 0.4) is 0 Å². The molecular formula is C13H13FN2O2. The third-order valence-electron chi connectivity index (χ3n) is 2.47. The lowest BCUT2D eigenvalue weighted by molar-refractivity contribution is 0.0943. The number of nitrogens with zero attached hydrogens (tertiary/aromatic N) is 1. The van der Waals surface area contributed by atoms with Gasteiger partial charge in [-0.1, -0.05) is 19.1 Å². The van der Waals surface area contributed by atoms with Crippen LogP contribution in [0.15, 0.2) is 34.9 Å². The van der Waals surface area contributed by atoms with Crippen LogP contribution in [0, 0.1) is 5.82 Å². The van der Waals surface area contributed by atoms with E-state index in [1.807, 2.05) is 6.92 Å². The minimum Gasteiger partial charge on any atom is -0.444 e. The average molecular weight is 248 g/mol. The van der Waals surface area contributed by atoms with Crippen LogP contribution in [-0.4, -0.2) is 10.9 Å². The number of rotatable bonds is 4. The van der Waals surface area contributed by atoms with E-state index in [1.165, 1.54) is 18.2 Å². The van der Waals surface area contributed by atoms with E-state index in [2.05, 4.69) is 10.3 Å². The Hall–Kier alpha value is -2.17. The summed E-state index contributed by atoms with van der Waals surface area (Å²) in [6.45, 7) is 2.09.